The van der Waals surface area contributed by atoms with Crippen LogP contribution in [0.25, 0.3) is 0 Å². The van der Waals surface area contributed by atoms with E-state index in [1.165, 1.54) is 0 Å². The summed E-state index contributed by atoms with van der Waals surface area (Å²) in [6.45, 7) is 10.6. The Morgan fingerprint density at radius 3 is 2.18 bits per heavy atom. The minimum atomic E-state index is 0.250. The molecule has 0 saturated heterocycles. The highest BCUT2D eigenvalue weighted by molar-refractivity contribution is 6.51. The maximum absolute atomic E-state index is 5.73. The minimum absolute atomic E-state index is 0.250. The van der Waals surface area contributed by atoms with Crippen molar-refractivity contribution in [1.29, 1.82) is 0 Å². The topological polar surface area (TPSA) is 9.23 Å². The van der Waals surface area contributed by atoms with E-state index in [4.69, 9.17) is 4.65 Å². The van der Waals surface area contributed by atoms with Crippen LogP contribution in [0.4, 0.5) is 0 Å². The van der Waals surface area contributed by atoms with Crippen molar-refractivity contribution in [3.8, 4) is 0 Å². The first-order valence-corrected chi connectivity index (χ1v) is 4.56. The van der Waals surface area contributed by atoms with Gasteiger partial charge in [-0.25, -0.2) is 0 Å². The molecular formula is C9H19BO. The molecule has 1 atom stereocenters. The summed E-state index contributed by atoms with van der Waals surface area (Å²) < 4.78 is 5.73. The van der Waals surface area contributed by atoms with Crippen LogP contribution < -0.4 is 0 Å². The lowest BCUT2D eigenvalue weighted by Gasteiger charge is -2.16. The van der Waals surface area contributed by atoms with Crippen LogP contribution in [0.3, 0.4) is 0 Å². The van der Waals surface area contributed by atoms with Crippen LogP contribution in [0.5, 0.6) is 0 Å². The highest BCUT2D eigenvalue weighted by atomic mass is 16.4. The van der Waals surface area contributed by atoms with E-state index < -0.39 is 0 Å². The zero-order valence-electron chi connectivity index (χ0n) is 7.97. The zero-order valence-corrected chi connectivity index (χ0v) is 7.97. The van der Waals surface area contributed by atoms with E-state index in [0.717, 1.165) is 19.1 Å². The first kappa shape index (κ1) is 10.8. The summed E-state index contributed by atoms with van der Waals surface area (Å²) >= 11 is 0. The van der Waals surface area contributed by atoms with E-state index in [9.17, 15) is 0 Å². The van der Waals surface area contributed by atoms with Crippen LogP contribution in [0.15, 0.2) is 12.7 Å². The lowest BCUT2D eigenvalue weighted by atomic mass is 9.62. The Morgan fingerprint density at radius 1 is 1.36 bits per heavy atom. The Morgan fingerprint density at radius 2 is 1.91 bits per heavy atom. The first-order valence-electron chi connectivity index (χ1n) is 4.56. The molecule has 0 aliphatic rings. The first-order chi connectivity index (χ1) is 5.28. The molecule has 1 nitrogen and oxygen atoms in total. The van der Waals surface area contributed by atoms with Crippen molar-refractivity contribution in [3.05, 3.63) is 12.7 Å². The molecule has 1 unspecified atom stereocenters. The normalized spacial score (nSPS) is 12.6. The third kappa shape index (κ3) is 4.25. The molecule has 0 aromatic carbocycles. The quantitative estimate of drug-likeness (QED) is 0.422. The van der Waals surface area contributed by atoms with Crippen molar-refractivity contribution in [3.63, 3.8) is 0 Å². The number of hydrogen-bond acceptors (Lipinski definition) is 1. The van der Waals surface area contributed by atoms with Gasteiger partial charge in [0, 0.05) is 0 Å². The summed E-state index contributed by atoms with van der Waals surface area (Å²) in [5, 5.41) is 0. The van der Waals surface area contributed by atoms with Crippen LogP contribution in [-0.2, 0) is 4.65 Å². The summed E-state index contributed by atoms with van der Waals surface area (Å²) in [4.78, 5) is 0. The van der Waals surface area contributed by atoms with Gasteiger partial charge in [-0.15, -0.1) is 6.58 Å². The lowest BCUT2D eigenvalue weighted by molar-refractivity contribution is 0.245. The Hall–Kier alpha value is -0.235. The molecule has 0 aromatic rings. The summed E-state index contributed by atoms with van der Waals surface area (Å²) in [5.41, 5.74) is 0. The monoisotopic (exact) mass is 154 g/mol. The predicted octanol–water partition coefficient (Wildman–Crippen LogP) is 3.00. The molecule has 0 radical (unpaired) electrons. The average Bonchev–Trinajstić information content (AvgIpc) is 2.07. The van der Waals surface area contributed by atoms with Gasteiger partial charge in [0.1, 0.15) is 0 Å². The maximum atomic E-state index is 5.73. The predicted molar refractivity (Wildman–Crippen MR) is 52.1 cm³/mol. The Kier molecular flexibility index (Phi) is 6.34. The smallest absolute Gasteiger partial charge is 0.293 e. The van der Waals surface area contributed by atoms with Gasteiger partial charge in [-0.3, -0.25) is 0 Å². The SMILES string of the molecule is C=CC(CC)OB(CC)CC. The number of rotatable bonds is 6. The van der Waals surface area contributed by atoms with E-state index in [-0.39, 0.29) is 6.10 Å². The zero-order chi connectivity index (χ0) is 8.69. The Labute approximate surface area is 70.9 Å². The summed E-state index contributed by atoms with van der Waals surface area (Å²) in [5.74, 6) is 0. The molecule has 0 aliphatic carbocycles. The summed E-state index contributed by atoms with van der Waals surface area (Å²) in [6.07, 6.45) is 5.36. The van der Waals surface area contributed by atoms with Crippen LogP contribution in [0, 0.1) is 0 Å². The molecule has 0 bridgehead atoms. The van der Waals surface area contributed by atoms with Crippen LogP contribution >= 0.6 is 0 Å². The highest BCUT2D eigenvalue weighted by Gasteiger charge is 2.13. The second kappa shape index (κ2) is 6.47. The highest BCUT2D eigenvalue weighted by Crippen LogP contribution is 2.07. The van der Waals surface area contributed by atoms with Gasteiger partial charge in [-0.2, -0.15) is 0 Å². The van der Waals surface area contributed by atoms with Gasteiger partial charge in [0.05, 0.1) is 6.10 Å². The van der Waals surface area contributed by atoms with Crippen LogP contribution in [-0.4, -0.2) is 13.0 Å². The summed E-state index contributed by atoms with van der Waals surface area (Å²) in [6, 6.07) is 0. The van der Waals surface area contributed by atoms with E-state index in [1.807, 2.05) is 6.08 Å². The second-order valence-electron chi connectivity index (χ2n) is 2.76. The molecule has 0 spiro atoms. The molecule has 0 amide bonds. The third-order valence-corrected chi connectivity index (χ3v) is 1.94. The van der Waals surface area contributed by atoms with Gasteiger partial charge < -0.3 is 4.65 Å². The van der Waals surface area contributed by atoms with E-state index in [0.29, 0.717) is 6.92 Å². The molecular weight excluding hydrogens is 135 g/mol. The largest absolute Gasteiger partial charge is 0.430 e. The second-order valence-corrected chi connectivity index (χ2v) is 2.76. The van der Waals surface area contributed by atoms with Crippen molar-refractivity contribution in [1.82, 2.24) is 0 Å². The standard InChI is InChI=1S/C9H19BO/c1-5-9(6-2)11-10(7-3)8-4/h5,9H,1,6-8H2,2-4H3. The Balaban J connectivity index is 3.67. The van der Waals surface area contributed by atoms with Crippen LogP contribution in [0.1, 0.15) is 27.2 Å². The maximum Gasteiger partial charge on any atom is 0.293 e. The molecule has 0 N–H and O–H groups in total. The van der Waals surface area contributed by atoms with E-state index in [2.05, 4.69) is 27.4 Å². The van der Waals surface area contributed by atoms with Gasteiger partial charge in [0.2, 0.25) is 0 Å². The molecule has 0 fully saturated rings. The molecule has 0 rings (SSSR count). The fourth-order valence-corrected chi connectivity index (χ4v) is 1.05. The van der Waals surface area contributed by atoms with E-state index in [1.54, 1.807) is 0 Å². The van der Waals surface area contributed by atoms with Gasteiger partial charge >= 0.3 is 0 Å². The Bertz CT molecular complexity index is 99.7. The molecule has 0 aliphatic heterocycles. The summed E-state index contributed by atoms with van der Waals surface area (Å²) in [7, 11) is 0. The van der Waals surface area contributed by atoms with Crippen molar-refractivity contribution >= 4 is 6.92 Å². The van der Waals surface area contributed by atoms with Gasteiger partial charge in [-0.1, -0.05) is 39.5 Å². The number of hydrogen-bond donors (Lipinski definition) is 0. The molecule has 11 heavy (non-hydrogen) atoms. The van der Waals surface area contributed by atoms with Crippen molar-refractivity contribution in [2.24, 2.45) is 0 Å². The fourth-order valence-electron chi connectivity index (χ4n) is 1.05. The average molecular weight is 154 g/mol. The molecule has 0 aromatic heterocycles. The third-order valence-electron chi connectivity index (χ3n) is 1.94. The van der Waals surface area contributed by atoms with Crippen molar-refractivity contribution < 1.29 is 4.65 Å². The van der Waals surface area contributed by atoms with Gasteiger partial charge in [0.25, 0.3) is 6.92 Å². The van der Waals surface area contributed by atoms with Crippen LogP contribution in [0.2, 0.25) is 12.6 Å². The van der Waals surface area contributed by atoms with E-state index >= 15 is 0 Å². The molecule has 2 heteroatoms. The lowest BCUT2D eigenvalue weighted by Crippen LogP contribution is -2.22. The molecule has 0 saturated carbocycles. The van der Waals surface area contributed by atoms with Crippen molar-refractivity contribution in [2.45, 2.75) is 45.9 Å². The molecule has 0 heterocycles. The molecule has 64 valence electrons. The fraction of sp³-hybridized carbons (Fsp3) is 0.778. The van der Waals surface area contributed by atoms with Crippen molar-refractivity contribution in [2.75, 3.05) is 0 Å². The van der Waals surface area contributed by atoms with Gasteiger partial charge in [0.15, 0.2) is 0 Å². The van der Waals surface area contributed by atoms with Gasteiger partial charge in [-0.05, 0) is 6.42 Å². The minimum Gasteiger partial charge on any atom is -0.430 e.